The average Bonchev–Trinajstić information content (AvgIpc) is 2.58. The van der Waals surface area contributed by atoms with Gasteiger partial charge in [-0.1, -0.05) is 22.0 Å². The van der Waals surface area contributed by atoms with E-state index in [-0.39, 0.29) is 17.5 Å². The molecule has 2 aliphatic rings. The number of benzene rings is 1. The molecule has 2 amide bonds. The molecule has 0 saturated carbocycles. The van der Waals surface area contributed by atoms with Gasteiger partial charge in [0.05, 0.1) is 0 Å². The van der Waals surface area contributed by atoms with Crippen LogP contribution < -0.4 is 10.9 Å². The van der Waals surface area contributed by atoms with Gasteiger partial charge in [-0.25, -0.2) is 4.79 Å². The van der Waals surface area contributed by atoms with Crippen molar-refractivity contribution in [2.45, 2.75) is 18.9 Å². The van der Waals surface area contributed by atoms with Crippen molar-refractivity contribution < 1.29 is 4.79 Å². The Kier molecular flexibility index (Phi) is 3.92. The third-order valence-corrected chi connectivity index (χ3v) is 5.39. The Labute approximate surface area is 148 Å². The Balaban J connectivity index is 1.52. The molecule has 2 atom stereocenters. The molecular formula is C18H18BrN3O2. The summed E-state index contributed by atoms with van der Waals surface area (Å²) in [4.78, 5) is 26.5. The van der Waals surface area contributed by atoms with E-state index in [0.29, 0.717) is 25.6 Å². The predicted octanol–water partition coefficient (Wildman–Crippen LogP) is 3.26. The normalized spacial score (nSPS) is 22.0. The van der Waals surface area contributed by atoms with Gasteiger partial charge in [-0.2, -0.15) is 0 Å². The zero-order valence-electron chi connectivity index (χ0n) is 13.1. The number of nitrogens with zero attached hydrogens (tertiary/aromatic N) is 2. The highest BCUT2D eigenvalue weighted by Crippen LogP contribution is 2.35. The number of hydrogen-bond acceptors (Lipinski definition) is 2. The van der Waals surface area contributed by atoms with Crippen molar-refractivity contribution >= 4 is 27.6 Å². The van der Waals surface area contributed by atoms with E-state index in [1.54, 1.807) is 6.07 Å². The van der Waals surface area contributed by atoms with Crippen LogP contribution >= 0.6 is 15.9 Å². The highest BCUT2D eigenvalue weighted by molar-refractivity contribution is 9.10. The summed E-state index contributed by atoms with van der Waals surface area (Å²) in [6.45, 7) is 2.05. The minimum absolute atomic E-state index is 0.0648. The van der Waals surface area contributed by atoms with Crippen LogP contribution in [0, 0.1) is 5.92 Å². The monoisotopic (exact) mass is 387 g/mol. The number of amides is 2. The summed E-state index contributed by atoms with van der Waals surface area (Å²) in [6.07, 6.45) is 1.05. The molecule has 1 aromatic carbocycles. The van der Waals surface area contributed by atoms with Crippen LogP contribution in [0.3, 0.4) is 0 Å². The molecule has 1 fully saturated rings. The summed E-state index contributed by atoms with van der Waals surface area (Å²) in [5.41, 5.74) is 1.91. The van der Waals surface area contributed by atoms with E-state index in [9.17, 15) is 9.59 Å². The lowest BCUT2D eigenvalue weighted by atomic mass is 9.83. The third-order valence-electron chi connectivity index (χ3n) is 4.86. The number of urea groups is 1. The van der Waals surface area contributed by atoms with Gasteiger partial charge < -0.3 is 14.8 Å². The van der Waals surface area contributed by atoms with Gasteiger partial charge in [0.15, 0.2) is 0 Å². The maximum Gasteiger partial charge on any atom is 0.321 e. The molecule has 1 aromatic heterocycles. The summed E-state index contributed by atoms with van der Waals surface area (Å²) in [5, 5.41) is 2.96. The number of rotatable bonds is 1. The van der Waals surface area contributed by atoms with Gasteiger partial charge >= 0.3 is 6.03 Å². The molecule has 0 aliphatic carbocycles. The Morgan fingerprint density at radius 2 is 1.88 bits per heavy atom. The number of anilines is 1. The molecule has 1 N–H and O–H groups in total. The number of hydrogen-bond donors (Lipinski definition) is 1. The summed E-state index contributed by atoms with van der Waals surface area (Å²) in [5.74, 6) is 0.578. The maximum atomic E-state index is 12.6. The number of likely N-dealkylation sites (tertiary alicyclic amines) is 1. The smallest absolute Gasteiger partial charge is 0.321 e. The van der Waals surface area contributed by atoms with Gasteiger partial charge in [-0.15, -0.1) is 0 Å². The third kappa shape index (κ3) is 2.86. The Bertz CT molecular complexity index is 831. The van der Waals surface area contributed by atoms with Crippen LogP contribution in [0.15, 0.2) is 51.7 Å². The van der Waals surface area contributed by atoms with Crippen LogP contribution in [0.25, 0.3) is 0 Å². The largest absolute Gasteiger partial charge is 0.324 e. The molecule has 4 rings (SSSR count). The van der Waals surface area contributed by atoms with Gasteiger partial charge in [-0.05, 0) is 42.7 Å². The second kappa shape index (κ2) is 6.09. The van der Waals surface area contributed by atoms with Crippen LogP contribution in [0.5, 0.6) is 0 Å². The number of fused-ring (bicyclic) bond motifs is 4. The summed E-state index contributed by atoms with van der Waals surface area (Å²) in [7, 11) is 0. The summed E-state index contributed by atoms with van der Waals surface area (Å²) < 4.78 is 2.86. The lowest BCUT2D eigenvalue weighted by molar-refractivity contribution is 0.139. The first-order valence-corrected chi connectivity index (χ1v) is 8.91. The molecule has 0 spiro atoms. The highest BCUT2D eigenvalue weighted by Gasteiger charge is 2.36. The van der Waals surface area contributed by atoms with Crippen molar-refractivity contribution in [3.8, 4) is 0 Å². The predicted molar refractivity (Wildman–Crippen MR) is 96.3 cm³/mol. The molecular weight excluding hydrogens is 370 g/mol. The van der Waals surface area contributed by atoms with Crippen LogP contribution in [0.1, 0.15) is 18.0 Å². The standard InChI is InChI=1S/C18H18BrN3O2/c19-14-4-6-15(7-5-14)20-18(24)21-9-12-8-13(11-21)16-2-1-3-17(23)22(16)10-12/h1-7,12-13H,8-11H2,(H,20,24)/t12-,13-/m0/s1. The SMILES string of the molecule is O=C(Nc1ccc(Br)cc1)N1C[C@@H]2C[C@@H](C1)c1cccc(=O)n1C2. The van der Waals surface area contributed by atoms with Crippen molar-refractivity contribution in [1.29, 1.82) is 0 Å². The lowest BCUT2D eigenvalue weighted by Crippen LogP contribution is -2.50. The van der Waals surface area contributed by atoms with Gasteiger partial charge in [0.1, 0.15) is 0 Å². The Hall–Kier alpha value is -2.08. The second-order valence-corrected chi connectivity index (χ2v) is 7.46. The quantitative estimate of drug-likeness (QED) is 0.816. The molecule has 2 aliphatic heterocycles. The zero-order chi connectivity index (χ0) is 16.7. The van der Waals surface area contributed by atoms with E-state index in [1.165, 1.54) is 0 Å². The van der Waals surface area contributed by atoms with Crippen LogP contribution in [-0.2, 0) is 6.54 Å². The molecule has 0 unspecified atom stereocenters. The average molecular weight is 388 g/mol. The van der Waals surface area contributed by atoms with E-state index >= 15 is 0 Å². The Morgan fingerprint density at radius 1 is 1.08 bits per heavy atom. The summed E-state index contributed by atoms with van der Waals surface area (Å²) in [6, 6.07) is 12.9. The molecule has 2 aromatic rings. The van der Waals surface area contributed by atoms with Crippen molar-refractivity contribution in [3.63, 3.8) is 0 Å². The number of nitrogens with one attached hydrogen (secondary N) is 1. The number of pyridine rings is 1. The fraction of sp³-hybridized carbons (Fsp3) is 0.333. The minimum Gasteiger partial charge on any atom is -0.324 e. The molecule has 5 nitrogen and oxygen atoms in total. The number of carbonyl (C=O) groups is 1. The molecule has 0 radical (unpaired) electrons. The van der Waals surface area contributed by atoms with E-state index < -0.39 is 0 Å². The van der Waals surface area contributed by atoms with E-state index in [4.69, 9.17) is 0 Å². The van der Waals surface area contributed by atoms with E-state index in [0.717, 1.165) is 22.3 Å². The molecule has 24 heavy (non-hydrogen) atoms. The molecule has 6 heteroatoms. The molecule has 124 valence electrons. The van der Waals surface area contributed by atoms with Crippen LogP contribution in [0.4, 0.5) is 10.5 Å². The number of carbonyl (C=O) groups excluding carboxylic acids is 1. The molecule has 2 bridgehead atoms. The Morgan fingerprint density at radius 3 is 2.67 bits per heavy atom. The zero-order valence-corrected chi connectivity index (χ0v) is 14.7. The minimum atomic E-state index is -0.0706. The lowest BCUT2D eigenvalue weighted by Gasteiger charge is -2.42. The first-order chi connectivity index (χ1) is 11.6. The fourth-order valence-electron chi connectivity index (χ4n) is 3.80. The van der Waals surface area contributed by atoms with Crippen molar-refractivity contribution in [2.75, 3.05) is 18.4 Å². The maximum absolute atomic E-state index is 12.6. The topological polar surface area (TPSA) is 54.3 Å². The number of aromatic nitrogens is 1. The first kappa shape index (κ1) is 15.4. The van der Waals surface area contributed by atoms with E-state index in [1.807, 2.05) is 45.9 Å². The van der Waals surface area contributed by atoms with Gasteiger partial charge in [0.25, 0.3) is 5.56 Å². The molecule has 1 saturated heterocycles. The van der Waals surface area contributed by atoms with Crippen LogP contribution in [0.2, 0.25) is 0 Å². The van der Waals surface area contributed by atoms with Gasteiger partial charge in [-0.3, -0.25) is 4.79 Å². The first-order valence-electron chi connectivity index (χ1n) is 8.11. The molecule has 3 heterocycles. The fourth-order valence-corrected chi connectivity index (χ4v) is 4.06. The second-order valence-electron chi connectivity index (χ2n) is 6.54. The van der Waals surface area contributed by atoms with Crippen molar-refractivity contribution in [3.05, 3.63) is 63.0 Å². The van der Waals surface area contributed by atoms with Crippen LogP contribution in [-0.4, -0.2) is 28.6 Å². The van der Waals surface area contributed by atoms with Crippen molar-refractivity contribution in [1.82, 2.24) is 9.47 Å². The van der Waals surface area contributed by atoms with Gasteiger partial charge in [0.2, 0.25) is 0 Å². The number of halogens is 1. The highest BCUT2D eigenvalue weighted by atomic mass is 79.9. The van der Waals surface area contributed by atoms with Gasteiger partial charge in [0, 0.05) is 47.5 Å². The summed E-state index contributed by atoms with van der Waals surface area (Å²) >= 11 is 3.39. The number of piperidine rings is 1. The van der Waals surface area contributed by atoms with E-state index in [2.05, 4.69) is 21.2 Å². The van der Waals surface area contributed by atoms with Crippen molar-refractivity contribution in [2.24, 2.45) is 5.92 Å².